The molecule has 1 aromatic carbocycles. The quantitative estimate of drug-likeness (QED) is 0.716. The van der Waals surface area contributed by atoms with Crippen molar-refractivity contribution in [2.24, 2.45) is 5.92 Å². The number of hydrazine groups is 1. The molecule has 0 saturated carbocycles. The van der Waals surface area contributed by atoms with E-state index >= 15 is 0 Å². The van der Waals surface area contributed by atoms with Crippen LogP contribution < -0.4 is 0 Å². The van der Waals surface area contributed by atoms with Crippen LogP contribution in [0.4, 0.5) is 0 Å². The first-order chi connectivity index (χ1) is 9.02. The Kier molecular flexibility index (Phi) is 2.45. The van der Waals surface area contributed by atoms with Gasteiger partial charge in [-0.05, 0) is 25.0 Å². The van der Waals surface area contributed by atoms with Gasteiger partial charge in [-0.3, -0.25) is 14.4 Å². The normalized spacial score (nSPS) is 26.3. The van der Waals surface area contributed by atoms with E-state index in [9.17, 15) is 14.4 Å². The highest BCUT2D eigenvalue weighted by Crippen LogP contribution is 2.32. The Bertz CT molecular complexity index is 561. The zero-order valence-corrected chi connectivity index (χ0v) is 10.8. The standard InChI is InChI=1S/C14H14N2O3/c1-8-7-12(17)15(9(8)2)16-13(18)10-5-3-4-6-11(10)14(16)19/h3-6,8-9H,7H2,1-2H3/t8-,9+/m1/s1. The highest BCUT2D eigenvalue weighted by atomic mass is 16.2. The Labute approximate surface area is 110 Å². The van der Waals surface area contributed by atoms with Crippen LogP contribution in [0.25, 0.3) is 0 Å². The zero-order valence-electron chi connectivity index (χ0n) is 10.8. The van der Waals surface area contributed by atoms with Gasteiger partial charge in [-0.2, -0.15) is 5.01 Å². The lowest BCUT2D eigenvalue weighted by molar-refractivity contribution is -0.138. The van der Waals surface area contributed by atoms with E-state index in [1.54, 1.807) is 24.3 Å². The van der Waals surface area contributed by atoms with Crippen LogP contribution in [0.1, 0.15) is 41.0 Å². The van der Waals surface area contributed by atoms with Crippen molar-refractivity contribution in [3.8, 4) is 0 Å². The Morgan fingerprint density at radius 1 is 1.00 bits per heavy atom. The number of carbonyl (C=O) groups excluding carboxylic acids is 3. The number of fused-ring (bicyclic) bond motifs is 1. The van der Waals surface area contributed by atoms with Gasteiger partial charge in [0, 0.05) is 6.42 Å². The number of nitrogens with zero attached hydrogens (tertiary/aromatic N) is 2. The molecular formula is C14H14N2O3. The minimum atomic E-state index is -0.407. The summed E-state index contributed by atoms with van der Waals surface area (Å²) in [5.74, 6) is -0.851. The van der Waals surface area contributed by atoms with Crippen molar-refractivity contribution in [2.45, 2.75) is 26.3 Å². The maximum Gasteiger partial charge on any atom is 0.280 e. The zero-order chi connectivity index (χ0) is 13.7. The van der Waals surface area contributed by atoms with E-state index in [1.165, 1.54) is 5.01 Å². The van der Waals surface area contributed by atoms with Gasteiger partial charge in [0.1, 0.15) is 0 Å². The number of carbonyl (C=O) groups is 3. The summed E-state index contributed by atoms with van der Waals surface area (Å²) in [6.45, 7) is 3.81. The van der Waals surface area contributed by atoms with Gasteiger partial charge in [-0.25, -0.2) is 5.01 Å². The average Bonchev–Trinajstić information content (AvgIpc) is 2.78. The molecule has 0 aliphatic carbocycles. The summed E-state index contributed by atoms with van der Waals surface area (Å²) in [5.41, 5.74) is 0.735. The first-order valence-corrected chi connectivity index (χ1v) is 6.32. The van der Waals surface area contributed by atoms with Crippen LogP contribution >= 0.6 is 0 Å². The molecule has 2 atom stereocenters. The number of rotatable bonds is 1. The molecule has 5 nitrogen and oxygen atoms in total. The van der Waals surface area contributed by atoms with Crippen LogP contribution in [0.2, 0.25) is 0 Å². The molecule has 0 bridgehead atoms. The van der Waals surface area contributed by atoms with Crippen LogP contribution in [0.15, 0.2) is 24.3 Å². The molecule has 1 saturated heterocycles. The number of hydrogen-bond donors (Lipinski definition) is 0. The first kappa shape index (κ1) is 11.9. The molecule has 2 aliphatic rings. The number of benzene rings is 1. The molecule has 0 spiro atoms. The van der Waals surface area contributed by atoms with Gasteiger partial charge in [0.25, 0.3) is 11.8 Å². The summed E-state index contributed by atoms with van der Waals surface area (Å²) in [4.78, 5) is 36.6. The third kappa shape index (κ3) is 1.51. The number of hydrogen-bond acceptors (Lipinski definition) is 3. The van der Waals surface area contributed by atoms with Crippen molar-refractivity contribution < 1.29 is 14.4 Å². The lowest BCUT2D eigenvalue weighted by Gasteiger charge is -2.30. The van der Waals surface area contributed by atoms with Gasteiger partial charge in [0.2, 0.25) is 5.91 Å². The maximum absolute atomic E-state index is 12.3. The fourth-order valence-corrected chi connectivity index (χ4v) is 2.67. The van der Waals surface area contributed by atoms with Gasteiger partial charge >= 0.3 is 0 Å². The van der Waals surface area contributed by atoms with Crippen molar-refractivity contribution in [1.29, 1.82) is 0 Å². The van der Waals surface area contributed by atoms with Crippen molar-refractivity contribution in [3.63, 3.8) is 0 Å². The van der Waals surface area contributed by atoms with Crippen LogP contribution in [0, 0.1) is 5.92 Å². The van der Waals surface area contributed by atoms with Crippen LogP contribution in [0.3, 0.4) is 0 Å². The highest BCUT2D eigenvalue weighted by molar-refractivity contribution is 6.21. The molecule has 5 heteroatoms. The minimum absolute atomic E-state index is 0.136. The SMILES string of the molecule is C[C@@H]1CC(=O)N(N2C(=O)c3ccccc3C2=O)[C@H]1C. The van der Waals surface area contributed by atoms with Crippen LogP contribution in [0.5, 0.6) is 0 Å². The van der Waals surface area contributed by atoms with Gasteiger partial charge in [-0.15, -0.1) is 0 Å². The molecular weight excluding hydrogens is 244 g/mol. The molecule has 98 valence electrons. The van der Waals surface area contributed by atoms with E-state index in [4.69, 9.17) is 0 Å². The largest absolute Gasteiger partial charge is 0.280 e. The predicted molar refractivity (Wildman–Crippen MR) is 67.0 cm³/mol. The second-order valence-electron chi connectivity index (χ2n) is 5.13. The summed E-state index contributed by atoms with van der Waals surface area (Å²) in [6.07, 6.45) is 0.370. The fraction of sp³-hybridized carbons (Fsp3) is 0.357. The molecule has 2 aliphatic heterocycles. The Morgan fingerprint density at radius 2 is 1.53 bits per heavy atom. The topological polar surface area (TPSA) is 57.7 Å². The van der Waals surface area contributed by atoms with E-state index < -0.39 is 11.8 Å². The van der Waals surface area contributed by atoms with Crippen molar-refractivity contribution in [3.05, 3.63) is 35.4 Å². The lowest BCUT2D eigenvalue weighted by atomic mass is 10.1. The number of imide groups is 1. The van der Waals surface area contributed by atoms with Crippen molar-refractivity contribution >= 4 is 17.7 Å². The number of amides is 3. The Morgan fingerprint density at radius 3 is 1.95 bits per heavy atom. The predicted octanol–water partition coefficient (Wildman–Crippen LogP) is 1.45. The third-order valence-corrected chi connectivity index (χ3v) is 3.95. The molecule has 3 amide bonds. The summed E-state index contributed by atoms with van der Waals surface area (Å²) in [6, 6.07) is 6.51. The highest BCUT2D eigenvalue weighted by Gasteiger charge is 2.47. The maximum atomic E-state index is 12.3. The van der Waals surface area contributed by atoms with E-state index in [0.29, 0.717) is 17.5 Å². The molecule has 0 unspecified atom stereocenters. The average molecular weight is 258 g/mol. The summed E-state index contributed by atoms with van der Waals surface area (Å²) in [7, 11) is 0. The second kappa shape index (κ2) is 3.91. The van der Waals surface area contributed by atoms with Crippen molar-refractivity contribution in [1.82, 2.24) is 10.0 Å². The second-order valence-corrected chi connectivity index (χ2v) is 5.13. The Balaban J connectivity index is 2.03. The van der Waals surface area contributed by atoms with E-state index in [0.717, 1.165) is 5.01 Å². The van der Waals surface area contributed by atoms with Crippen LogP contribution in [-0.4, -0.2) is 33.8 Å². The minimum Gasteiger partial charge on any atom is -0.273 e. The van der Waals surface area contributed by atoms with Gasteiger partial charge < -0.3 is 0 Å². The van der Waals surface area contributed by atoms with Crippen molar-refractivity contribution in [2.75, 3.05) is 0 Å². The monoisotopic (exact) mass is 258 g/mol. The van der Waals surface area contributed by atoms with Gasteiger partial charge in [0.05, 0.1) is 17.2 Å². The molecule has 1 aromatic rings. The first-order valence-electron chi connectivity index (χ1n) is 6.32. The lowest BCUT2D eigenvalue weighted by Crippen LogP contribution is -2.50. The molecule has 0 radical (unpaired) electrons. The van der Waals surface area contributed by atoms with Crippen LogP contribution in [-0.2, 0) is 4.79 Å². The molecule has 0 aromatic heterocycles. The molecule has 0 N–H and O–H groups in total. The smallest absolute Gasteiger partial charge is 0.273 e. The van der Waals surface area contributed by atoms with E-state index in [2.05, 4.69) is 0 Å². The van der Waals surface area contributed by atoms with E-state index in [1.807, 2.05) is 13.8 Å². The third-order valence-electron chi connectivity index (χ3n) is 3.95. The molecule has 2 heterocycles. The molecule has 1 fully saturated rings. The summed E-state index contributed by atoms with van der Waals surface area (Å²) < 4.78 is 0. The summed E-state index contributed by atoms with van der Waals surface area (Å²) in [5, 5.41) is 2.32. The van der Waals surface area contributed by atoms with Gasteiger partial charge in [0.15, 0.2) is 0 Å². The van der Waals surface area contributed by atoms with E-state index in [-0.39, 0.29) is 17.9 Å². The molecule has 19 heavy (non-hydrogen) atoms. The Hall–Kier alpha value is -2.17. The molecule has 3 rings (SSSR count). The fourth-order valence-electron chi connectivity index (χ4n) is 2.67. The van der Waals surface area contributed by atoms with Gasteiger partial charge in [-0.1, -0.05) is 19.1 Å². The summed E-state index contributed by atoms with van der Waals surface area (Å²) >= 11 is 0.